The van der Waals surface area contributed by atoms with Crippen LogP contribution in [0, 0.1) is 85.7 Å². The lowest BCUT2D eigenvalue weighted by Crippen LogP contribution is -2.33. The molecule has 22 heteroatoms. The highest BCUT2D eigenvalue weighted by Crippen LogP contribution is 2.13. The van der Waals surface area contributed by atoms with Crippen LogP contribution in [0.25, 0.3) is 0 Å². The van der Waals surface area contributed by atoms with Crippen molar-refractivity contribution in [3.05, 3.63) is 151 Å². The van der Waals surface area contributed by atoms with E-state index in [4.69, 9.17) is 32.9 Å². The Bertz CT molecular complexity index is 2440. The van der Waals surface area contributed by atoms with E-state index in [1.54, 1.807) is 30.3 Å². The van der Waals surface area contributed by atoms with Gasteiger partial charge in [0.25, 0.3) is 23.2 Å². The van der Waals surface area contributed by atoms with Gasteiger partial charge in [-0.25, -0.2) is 26.9 Å². The van der Waals surface area contributed by atoms with Gasteiger partial charge in [-0.05, 0) is 54.6 Å². The minimum absolute atomic E-state index is 0. The molecule has 5 aromatic heterocycles. The van der Waals surface area contributed by atoms with Crippen molar-refractivity contribution in [2.24, 2.45) is 7.05 Å². The lowest BCUT2D eigenvalue weighted by Gasteiger charge is -2.00. The molecule has 5 rings (SSSR count). The molecule has 0 spiro atoms. The predicted octanol–water partition coefficient (Wildman–Crippen LogP) is 3.32. The number of esters is 1. The third-order valence-corrected chi connectivity index (χ3v) is 5.37. The lowest BCUT2D eigenvalue weighted by molar-refractivity contribution is -0.907. The lowest BCUT2D eigenvalue weighted by atomic mass is 10.3. The first-order valence-electron chi connectivity index (χ1n) is 14.7. The zero-order valence-electron chi connectivity index (χ0n) is 29.6. The van der Waals surface area contributed by atoms with Crippen molar-refractivity contribution in [1.82, 2.24) is 19.5 Å². The highest BCUT2D eigenvalue weighted by molar-refractivity contribution is 5.75. The number of hydrogen-bond donors (Lipinski definition) is 2. The molecule has 0 saturated heterocycles. The number of ether oxygens (including phenoxy) is 1. The monoisotopic (exact) mass is 777 g/mol. The summed E-state index contributed by atoms with van der Waals surface area (Å²) in [7, 11) is 0.351. The summed E-state index contributed by atoms with van der Waals surface area (Å²) in [5, 5.41) is 50.2. The molecule has 0 aliphatic carbocycles. The average molecular weight is 777 g/mol. The van der Waals surface area contributed by atoms with Crippen molar-refractivity contribution in [3.63, 3.8) is 0 Å². The van der Waals surface area contributed by atoms with Crippen molar-refractivity contribution in [2.45, 2.75) is 6.92 Å². The molecule has 5 heterocycles. The zero-order chi connectivity index (χ0) is 42.8. The van der Waals surface area contributed by atoms with Crippen LogP contribution in [0.4, 0.5) is 26.3 Å². The van der Waals surface area contributed by atoms with Crippen molar-refractivity contribution in [1.29, 1.82) is 26.3 Å². The Balaban J connectivity index is 0. The van der Waals surface area contributed by atoms with Crippen LogP contribution in [-0.4, -0.2) is 46.3 Å². The fourth-order valence-electron chi connectivity index (χ4n) is 2.93. The molecule has 0 fully saturated rings. The van der Waals surface area contributed by atoms with Crippen molar-refractivity contribution >= 4 is 14.4 Å². The molecule has 3 radical (unpaired) electrons. The molecule has 0 aliphatic rings. The third kappa shape index (κ3) is 17.8. The number of halogens is 6. The van der Waals surface area contributed by atoms with E-state index in [2.05, 4.69) is 14.7 Å². The molecule has 0 unspecified atom stereocenters. The largest absolute Gasteiger partial charge is 0.404 e. The first-order chi connectivity index (χ1) is 26.5. The van der Waals surface area contributed by atoms with Gasteiger partial charge in [0.05, 0.1) is 14.7 Å². The van der Waals surface area contributed by atoms with Crippen LogP contribution in [0.3, 0.4) is 0 Å². The van der Waals surface area contributed by atoms with Crippen LogP contribution in [0.1, 0.15) is 36.8 Å². The fraction of sp³-hybridized carbons (Fsp3) is 0.0882. The van der Waals surface area contributed by atoms with Gasteiger partial charge in [-0.15, -0.1) is 0 Å². The van der Waals surface area contributed by atoms with Gasteiger partial charge in [-0.1, -0.05) is 0 Å². The molecule has 283 valence electrons. The van der Waals surface area contributed by atoms with E-state index in [0.717, 1.165) is 48.1 Å². The smallest absolute Gasteiger partial charge is 0.333 e. The predicted molar refractivity (Wildman–Crippen MR) is 179 cm³/mol. The first kappa shape index (κ1) is 47.7. The van der Waals surface area contributed by atoms with E-state index in [-0.39, 0.29) is 36.9 Å². The number of hydrogen-bond acceptors (Lipinski definition) is 12. The van der Waals surface area contributed by atoms with E-state index in [9.17, 15) is 40.7 Å². The van der Waals surface area contributed by atoms with Gasteiger partial charge in [0.15, 0.2) is 29.3 Å². The van der Waals surface area contributed by atoms with Gasteiger partial charge in [-0.3, -0.25) is 24.0 Å². The second-order valence-electron chi connectivity index (χ2n) is 9.05. The van der Waals surface area contributed by atoms with Crippen LogP contribution in [-0.2, 0) is 11.8 Å². The Morgan fingerprint density at radius 2 is 1.39 bits per heavy atom. The summed E-state index contributed by atoms with van der Waals surface area (Å²) in [6.45, 7) is 1.13. The summed E-state index contributed by atoms with van der Waals surface area (Å²) in [4.78, 5) is 40.6. The molecular formula is C34H23BF6N10O5+. The Morgan fingerprint density at radius 1 is 0.821 bits per heavy atom. The topological polar surface area (TPSA) is 250 Å². The average Bonchev–Trinajstić information content (AvgIpc) is 3.17. The van der Waals surface area contributed by atoms with E-state index < -0.39 is 59.2 Å². The van der Waals surface area contributed by atoms with Gasteiger partial charge < -0.3 is 14.3 Å². The molecule has 56 heavy (non-hydrogen) atoms. The van der Waals surface area contributed by atoms with Gasteiger partial charge in [-0.2, -0.15) is 31.3 Å². The van der Waals surface area contributed by atoms with Gasteiger partial charge in [0.2, 0.25) is 0 Å². The minimum Gasteiger partial charge on any atom is -0.404 e. The van der Waals surface area contributed by atoms with E-state index in [1.165, 1.54) is 43.4 Å². The van der Waals surface area contributed by atoms with Gasteiger partial charge in [0.1, 0.15) is 52.9 Å². The Labute approximate surface area is 316 Å². The number of aromatic amines is 1. The minimum atomic E-state index is -1.00. The Hall–Kier alpha value is -8.29. The maximum Gasteiger partial charge on any atom is 0.333 e. The van der Waals surface area contributed by atoms with Crippen LogP contribution >= 0.6 is 0 Å². The maximum atomic E-state index is 12.8. The number of H-pyrrole nitrogens is 1. The summed E-state index contributed by atoms with van der Waals surface area (Å²) < 4.78 is 83.0. The molecular weight excluding hydrogens is 753 g/mol. The summed E-state index contributed by atoms with van der Waals surface area (Å²) >= 11 is 0. The van der Waals surface area contributed by atoms with Crippen molar-refractivity contribution in [3.8, 4) is 36.2 Å². The van der Waals surface area contributed by atoms with Crippen molar-refractivity contribution < 1.29 is 47.2 Å². The molecule has 0 saturated carbocycles. The molecule has 0 aromatic carbocycles. The number of carbonyl (C=O) groups is 1. The Kier molecular flexibility index (Phi) is 22.6. The molecule has 0 bridgehead atoms. The molecule has 0 atom stereocenters. The highest BCUT2D eigenvalue weighted by Gasteiger charge is 2.09. The number of aromatic nitrogens is 5. The Morgan fingerprint density at radius 3 is 1.88 bits per heavy atom. The second-order valence-corrected chi connectivity index (χ2v) is 9.05. The summed E-state index contributed by atoms with van der Waals surface area (Å²) in [5.74, 6) is -4.64. The van der Waals surface area contributed by atoms with Crippen LogP contribution in [0.5, 0.6) is 5.88 Å². The van der Waals surface area contributed by atoms with Crippen molar-refractivity contribution in [2.75, 3.05) is 7.15 Å². The first-order valence-corrected chi connectivity index (χ1v) is 14.0. The van der Waals surface area contributed by atoms with E-state index >= 15 is 0 Å². The summed E-state index contributed by atoms with van der Waals surface area (Å²) in [6, 6.07) is 20.0. The quantitative estimate of drug-likeness (QED) is 0.0818. The zero-order valence-corrected chi connectivity index (χ0v) is 28.6. The SMILES string of the molecule is CC(=O)Oc1nc(C#N)ccc1F.Cn1c(C#N)ccc(F)c1=O.N#Cc1ccc(F)c(=O)[nH]1.N#Cc1ccc(F)c[n+]1O.N#Cc1ccc(F)cn1.[2H]CF.[B]. The molecule has 5 aromatic rings. The summed E-state index contributed by atoms with van der Waals surface area (Å²) in [5.41, 5.74) is -1.19. The third-order valence-electron chi connectivity index (χ3n) is 5.37. The molecule has 2 N–H and O–H groups in total. The fourth-order valence-corrected chi connectivity index (χ4v) is 2.93. The molecule has 0 aliphatic heterocycles. The van der Waals surface area contributed by atoms with Gasteiger partial charge >= 0.3 is 11.7 Å². The normalized spacial score (nSPS) is 8.73. The number of nitriles is 5. The van der Waals surface area contributed by atoms with E-state index in [1.807, 2.05) is 4.98 Å². The van der Waals surface area contributed by atoms with Crippen LogP contribution < -0.4 is 20.6 Å². The van der Waals surface area contributed by atoms with Crippen LogP contribution in [0.2, 0.25) is 0 Å². The number of nitrogens with zero attached hydrogens (tertiary/aromatic N) is 9. The number of nitrogens with one attached hydrogen (secondary N) is 1. The maximum absolute atomic E-state index is 12.8. The van der Waals surface area contributed by atoms with Gasteiger partial charge in [0, 0.05) is 33.2 Å². The van der Waals surface area contributed by atoms with Crippen LogP contribution in [0.15, 0.2) is 82.6 Å². The number of rotatable bonds is 1. The molecule has 15 nitrogen and oxygen atoms in total. The highest BCUT2D eigenvalue weighted by atomic mass is 19.1. The number of alkyl halides is 1. The molecule has 0 amide bonds. The number of carbonyl (C=O) groups excluding carboxylic acids is 1. The number of pyridine rings is 5. The van der Waals surface area contributed by atoms with E-state index in [0.29, 0.717) is 4.73 Å². The summed E-state index contributed by atoms with van der Waals surface area (Å²) in [6.07, 6.45) is 1.83. The second kappa shape index (κ2) is 26.5. The standard InChI is InChI=1S/C8H5FN2O2.C7H5FN2O.C6H4FN2O.C6H3FN2O.C6H3FN2.CH3F.B/c1-5(12)13-8-7(9)3-2-6(4-10)11-8;1-10-5(4-9)2-3-6(8)7(10)11;7-5-1-2-6(3-8)9(10)4-5;7-5-2-1-4(3-8)9-6(5)10;7-5-1-2-6(3-8)9-4-5;1-2;/h2-3H,1H3;2-3H,1H3;1-2,4,10H;1-2H,(H,9,10);1-2,4H;1H3;/q;;+1;;;;/i;;;;;1D;.